The zero-order chi connectivity index (χ0) is 25.1. The van der Waals surface area contributed by atoms with Crippen molar-refractivity contribution < 1.29 is 9.84 Å². The Bertz CT molecular complexity index is 1510. The molecule has 2 unspecified atom stereocenters. The number of nitrogens with one attached hydrogen (secondary N) is 1. The first-order valence-electron chi connectivity index (χ1n) is 12.1. The van der Waals surface area contributed by atoms with Gasteiger partial charge in [-0.2, -0.15) is 0 Å². The van der Waals surface area contributed by atoms with Crippen LogP contribution in [0.1, 0.15) is 29.0 Å². The van der Waals surface area contributed by atoms with Gasteiger partial charge in [0.2, 0.25) is 5.88 Å². The second-order valence-corrected chi connectivity index (χ2v) is 10.0. The topological polar surface area (TPSA) is 54.4 Å². The number of aliphatic hydroxyl groups is 1. The third-order valence-corrected chi connectivity index (χ3v) is 7.38. The lowest BCUT2D eigenvalue weighted by atomic mass is 9.71. The lowest BCUT2D eigenvalue weighted by molar-refractivity contribution is 0.0105. The molecule has 0 aliphatic heterocycles. The molecule has 0 amide bonds. The molecule has 5 aromatic rings. The van der Waals surface area contributed by atoms with Gasteiger partial charge in [-0.1, -0.05) is 82.7 Å². The fraction of sp³-hybridized carbons (Fsp3) is 0.194. The Labute approximate surface area is 220 Å². The highest BCUT2D eigenvalue weighted by molar-refractivity contribution is 9.10. The van der Waals surface area contributed by atoms with Crippen LogP contribution in [-0.4, -0.2) is 30.8 Å². The van der Waals surface area contributed by atoms with E-state index in [1.807, 2.05) is 55.6 Å². The number of ether oxygens (including phenoxy) is 1. The number of fused-ring (bicyclic) bond motifs is 2. The van der Waals surface area contributed by atoms with Crippen molar-refractivity contribution in [2.24, 2.45) is 0 Å². The molecule has 0 aliphatic carbocycles. The number of hydrogen-bond donors (Lipinski definition) is 2. The van der Waals surface area contributed by atoms with Crippen LogP contribution in [0.3, 0.4) is 0 Å². The lowest BCUT2D eigenvalue weighted by Gasteiger charge is -2.38. The predicted octanol–water partition coefficient (Wildman–Crippen LogP) is 6.79. The highest BCUT2D eigenvalue weighted by Gasteiger charge is 2.42. The van der Waals surface area contributed by atoms with E-state index in [0.717, 1.165) is 42.8 Å². The van der Waals surface area contributed by atoms with E-state index in [9.17, 15) is 5.11 Å². The molecule has 5 rings (SSSR count). The molecule has 1 heterocycles. The maximum absolute atomic E-state index is 12.8. The molecule has 0 spiro atoms. The molecule has 0 radical (unpaired) electrons. The zero-order valence-electron chi connectivity index (χ0n) is 20.4. The monoisotopic (exact) mass is 540 g/mol. The predicted molar refractivity (Wildman–Crippen MR) is 151 cm³/mol. The second-order valence-electron chi connectivity index (χ2n) is 9.11. The molecule has 4 nitrogen and oxygen atoms in total. The standard InChI is InChI=1S/C31H29BrN2O2/c1-33-17-16-31(35,25-13-12-21-8-6-7-11-23(21)18-25)29(22-9-4-3-5-10-22)27-20-24-19-26(32)14-15-28(24)34-30(27)36-2/h3-15,18-20,29,33,35H,16-17H2,1-2H3. The van der Waals surface area contributed by atoms with Gasteiger partial charge in [0.05, 0.1) is 12.6 Å². The van der Waals surface area contributed by atoms with E-state index < -0.39 is 11.5 Å². The minimum absolute atomic E-state index is 0.418. The van der Waals surface area contributed by atoms with Crippen molar-refractivity contribution >= 4 is 37.6 Å². The van der Waals surface area contributed by atoms with Crippen LogP contribution < -0.4 is 10.1 Å². The summed E-state index contributed by atoms with van der Waals surface area (Å²) >= 11 is 3.59. The second kappa shape index (κ2) is 10.4. The Hall–Kier alpha value is -3.25. The molecule has 0 fully saturated rings. The number of nitrogens with zero attached hydrogens (tertiary/aromatic N) is 1. The van der Waals surface area contributed by atoms with Crippen LogP contribution in [-0.2, 0) is 5.60 Å². The average molecular weight is 541 g/mol. The number of benzene rings is 4. The van der Waals surface area contributed by atoms with Crippen LogP contribution in [0, 0.1) is 0 Å². The van der Waals surface area contributed by atoms with E-state index in [4.69, 9.17) is 9.72 Å². The van der Waals surface area contributed by atoms with Crippen molar-refractivity contribution in [1.82, 2.24) is 10.3 Å². The van der Waals surface area contributed by atoms with E-state index in [0.29, 0.717) is 18.8 Å². The molecule has 2 atom stereocenters. The lowest BCUT2D eigenvalue weighted by Crippen LogP contribution is -2.37. The van der Waals surface area contributed by atoms with Crippen LogP contribution in [0.4, 0.5) is 0 Å². The molecule has 2 N–H and O–H groups in total. The number of halogens is 1. The summed E-state index contributed by atoms with van der Waals surface area (Å²) in [6.07, 6.45) is 0.501. The highest BCUT2D eigenvalue weighted by atomic mass is 79.9. The van der Waals surface area contributed by atoms with Gasteiger partial charge in [0.15, 0.2) is 0 Å². The Morgan fingerprint density at radius 2 is 1.64 bits per heavy atom. The van der Waals surface area contributed by atoms with E-state index >= 15 is 0 Å². The minimum atomic E-state index is -1.23. The quantitative estimate of drug-likeness (QED) is 0.227. The first-order valence-corrected chi connectivity index (χ1v) is 12.9. The molecule has 36 heavy (non-hydrogen) atoms. The summed E-state index contributed by atoms with van der Waals surface area (Å²) < 4.78 is 6.82. The van der Waals surface area contributed by atoms with E-state index in [1.165, 1.54) is 0 Å². The van der Waals surface area contributed by atoms with Crippen molar-refractivity contribution in [2.45, 2.75) is 17.9 Å². The van der Waals surface area contributed by atoms with Gasteiger partial charge < -0.3 is 15.2 Å². The van der Waals surface area contributed by atoms with E-state index in [1.54, 1.807) is 7.11 Å². The van der Waals surface area contributed by atoms with Crippen LogP contribution in [0.2, 0.25) is 0 Å². The molecule has 1 aromatic heterocycles. The molecule has 0 saturated carbocycles. The van der Waals surface area contributed by atoms with Gasteiger partial charge in [-0.05, 0) is 72.2 Å². The zero-order valence-corrected chi connectivity index (χ0v) is 22.0. The van der Waals surface area contributed by atoms with Crippen molar-refractivity contribution in [3.63, 3.8) is 0 Å². The van der Waals surface area contributed by atoms with Gasteiger partial charge in [-0.3, -0.25) is 0 Å². The van der Waals surface area contributed by atoms with Gasteiger partial charge in [0.25, 0.3) is 0 Å². The third-order valence-electron chi connectivity index (χ3n) is 6.89. The van der Waals surface area contributed by atoms with Crippen molar-refractivity contribution in [2.75, 3.05) is 20.7 Å². The Balaban J connectivity index is 1.79. The summed E-state index contributed by atoms with van der Waals surface area (Å²) in [4.78, 5) is 4.85. The summed E-state index contributed by atoms with van der Waals surface area (Å²) in [7, 11) is 3.55. The van der Waals surface area contributed by atoms with Crippen LogP contribution in [0.25, 0.3) is 21.7 Å². The van der Waals surface area contributed by atoms with Gasteiger partial charge >= 0.3 is 0 Å². The Kier molecular flexibility index (Phi) is 7.06. The molecule has 5 heteroatoms. The Morgan fingerprint density at radius 3 is 2.39 bits per heavy atom. The van der Waals surface area contributed by atoms with Crippen LogP contribution >= 0.6 is 15.9 Å². The normalized spacial score (nSPS) is 14.0. The maximum Gasteiger partial charge on any atom is 0.217 e. The molecule has 0 bridgehead atoms. The average Bonchev–Trinajstić information content (AvgIpc) is 2.92. The minimum Gasteiger partial charge on any atom is -0.481 e. The highest BCUT2D eigenvalue weighted by Crippen LogP contribution is 2.47. The first-order chi connectivity index (χ1) is 17.5. The fourth-order valence-corrected chi connectivity index (χ4v) is 5.48. The third kappa shape index (κ3) is 4.62. The number of hydrogen-bond acceptors (Lipinski definition) is 4. The molecule has 182 valence electrons. The SMILES string of the molecule is CNCCC(O)(c1ccc2ccccc2c1)C(c1ccccc1)c1cc2cc(Br)ccc2nc1OC. The fourth-order valence-electron chi connectivity index (χ4n) is 5.10. The summed E-state index contributed by atoms with van der Waals surface area (Å²) in [6, 6.07) is 32.8. The number of aromatic nitrogens is 1. The summed E-state index contributed by atoms with van der Waals surface area (Å²) in [5.41, 5.74) is 2.32. The van der Waals surface area contributed by atoms with Crippen molar-refractivity contribution in [3.8, 4) is 5.88 Å². The summed E-state index contributed by atoms with van der Waals surface area (Å²) in [5.74, 6) is 0.0985. The Morgan fingerprint density at radius 1 is 0.889 bits per heavy atom. The molecule has 0 aliphatic rings. The largest absolute Gasteiger partial charge is 0.481 e. The first kappa shape index (κ1) is 24.4. The van der Waals surface area contributed by atoms with Gasteiger partial charge in [-0.15, -0.1) is 0 Å². The molecule has 0 saturated heterocycles. The number of pyridine rings is 1. The smallest absolute Gasteiger partial charge is 0.217 e. The van der Waals surface area contributed by atoms with Crippen LogP contribution in [0.15, 0.2) is 102 Å². The van der Waals surface area contributed by atoms with E-state index in [-0.39, 0.29) is 0 Å². The molecular weight excluding hydrogens is 512 g/mol. The van der Waals surface area contributed by atoms with Gasteiger partial charge in [-0.25, -0.2) is 4.98 Å². The molecule has 4 aromatic carbocycles. The van der Waals surface area contributed by atoms with Crippen molar-refractivity contribution in [1.29, 1.82) is 0 Å². The maximum atomic E-state index is 12.8. The number of methoxy groups -OCH3 is 1. The van der Waals surface area contributed by atoms with Crippen LogP contribution in [0.5, 0.6) is 5.88 Å². The summed E-state index contributed by atoms with van der Waals surface area (Å²) in [5, 5.41) is 19.2. The van der Waals surface area contributed by atoms with E-state index in [2.05, 4.69) is 69.8 Å². The van der Waals surface area contributed by atoms with Gasteiger partial charge in [0.1, 0.15) is 5.60 Å². The number of rotatable bonds is 8. The van der Waals surface area contributed by atoms with Crippen molar-refractivity contribution in [3.05, 3.63) is 118 Å². The molecular formula is C31H29BrN2O2. The summed E-state index contributed by atoms with van der Waals surface area (Å²) in [6.45, 7) is 0.640. The van der Waals surface area contributed by atoms with Gasteiger partial charge in [0, 0.05) is 21.3 Å².